The molecule has 2 aromatic carbocycles. The van der Waals surface area contributed by atoms with Gasteiger partial charge in [-0.1, -0.05) is 36.4 Å². The summed E-state index contributed by atoms with van der Waals surface area (Å²) in [4.78, 5) is 13.6. The monoisotopic (exact) mass is 466 g/mol. The molecule has 0 N–H and O–H groups in total. The highest BCUT2D eigenvalue weighted by Gasteiger charge is 2.36. The Morgan fingerprint density at radius 1 is 0.788 bits per heavy atom. The van der Waals surface area contributed by atoms with Crippen LogP contribution >= 0.6 is 0 Å². The Hall–Kier alpha value is -3.25. The molecular formula is C21H23BF4N4O3. The second kappa shape index (κ2) is 11.1. The average molecular weight is 466 g/mol. The highest BCUT2D eigenvalue weighted by molar-refractivity contribution is 6.50. The summed E-state index contributed by atoms with van der Waals surface area (Å²) in [5.41, 5.74) is 0. The van der Waals surface area contributed by atoms with Crippen LogP contribution in [0, 0.1) is 0 Å². The number of quaternary nitrogens is 1. The summed E-state index contributed by atoms with van der Waals surface area (Å²) in [5.74, 6) is 1.96. The molecule has 0 amide bonds. The second-order valence-electron chi connectivity index (χ2n) is 7.05. The van der Waals surface area contributed by atoms with Gasteiger partial charge >= 0.3 is 25.2 Å². The Balaban J connectivity index is 0.000000555. The molecule has 1 saturated heterocycles. The lowest BCUT2D eigenvalue weighted by atomic mass is 10.3. The molecule has 0 bridgehead atoms. The molecule has 7 nitrogen and oxygen atoms in total. The van der Waals surface area contributed by atoms with E-state index in [-0.39, 0.29) is 12.0 Å². The van der Waals surface area contributed by atoms with Crippen molar-refractivity contribution in [2.45, 2.75) is 6.92 Å². The zero-order valence-electron chi connectivity index (χ0n) is 17.9. The van der Waals surface area contributed by atoms with E-state index in [9.17, 15) is 17.3 Å². The minimum Gasteiger partial charge on any atom is -0.424 e. The molecule has 0 unspecified atom stereocenters. The van der Waals surface area contributed by atoms with E-state index in [1.165, 1.54) is 0 Å². The Morgan fingerprint density at radius 3 is 1.61 bits per heavy atom. The normalized spacial score (nSPS) is 15.2. The van der Waals surface area contributed by atoms with Gasteiger partial charge in [-0.15, -0.1) is 15.0 Å². The van der Waals surface area contributed by atoms with E-state index in [1.807, 2.05) is 60.7 Å². The molecule has 1 fully saturated rings. The highest BCUT2D eigenvalue weighted by atomic mass is 19.5. The van der Waals surface area contributed by atoms with Crippen molar-refractivity contribution >= 4 is 13.2 Å². The van der Waals surface area contributed by atoms with Crippen molar-refractivity contribution < 1.29 is 31.5 Å². The van der Waals surface area contributed by atoms with E-state index >= 15 is 0 Å². The van der Waals surface area contributed by atoms with Crippen LogP contribution in [0.5, 0.6) is 23.5 Å². The van der Waals surface area contributed by atoms with Crippen LogP contribution in [0.2, 0.25) is 0 Å². The molecule has 0 atom stereocenters. The summed E-state index contributed by atoms with van der Waals surface area (Å²) in [6.45, 7) is 5.92. The predicted molar refractivity (Wildman–Crippen MR) is 116 cm³/mol. The van der Waals surface area contributed by atoms with Gasteiger partial charge in [0.05, 0.1) is 19.8 Å². The van der Waals surface area contributed by atoms with Crippen molar-refractivity contribution in [2.75, 3.05) is 32.8 Å². The number of halogens is 4. The number of hydrogen-bond acceptors (Lipinski definition) is 6. The standard InChI is InChI=1S/C21H23N4O3.BF4/c1-2-25(13-15-26-16-14-25)19-22-20(27-17-9-5-3-6-10-17)24-21(23-19)28-18-11-7-4-8-12-18;2-1(3,4)5/h3-12H,2,13-16H2,1H3;/q+1;-1. The Labute approximate surface area is 188 Å². The van der Waals surface area contributed by atoms with Crippen LogP contribution in [0.1, 0.15) is 6.92 Å². The number of ether oxygens (including phenoxy) is 3. The molecule has 1 aliphatic heterocycles. The summed E-state index contributed by atoms with van der Waals surface area (Å²) in [7, 11) is -6.00. The summed E-state index contributed by atoms with van der Waals surface area (Å²) in [5, 5.41) is 0. The van der Waals surface area contributed by atoms with Gasteiger partial charge in [0.15, 0.2) is 0 Å². The zero-order chi connectivity index (χ0) is 23.7. The fraction of sp³-hybridized carbons (Fsp3) is 0.286. The molecule has 176 valence electrons. The lowest BCUT2D eigenvalue weighted by Crippen LogP contribution is -2.57. The zero-order valence-corrected chi connectivity index (χ0v) is 17.9. The number of morpholine rings is 1. The molecule has 1 aromatic heterocycles. The first-order valence-electron chi connectivity index (χ1n) is 10.3. The molecule has 0 spiro atoms. The van der Waals surface area contributed by atoms with Crippen LogP contribution in [0.25, 0.3) is 0 Å². The number of hydrogen-bond donors (Lipinski definition) is 0. The van der Waals surface area contributed by atoms with Crippen LogP contribution in [0.4, 0.5) is 23.2 Å². The van der Waals surface area contributed by atoms with E-state index < -0.39 is 7.25 Å². The van der Waals surface area contributed by atoms with E-state index in [1.54, 1.807) is 0 Å². The number of rotatable bonds is 6. The molecule has 1 aliphatic rings. The first-order chi connectivity index (χ1) is 15.8. The molecule has 4 rings (SSSR count). The van der Waals surface area contributed by atoms with Crippen molar-refractivity contribution in [1.82, 2.24) is 19.4 Å². The van der Waals surface area contributed by atoms with Gasteiger partial charge in [0.25, 0.3) is 0 Å². The summed E-state index contributed by atoms with van der Waals surface area (Å²) >= 11 is 0. The first kappa shape index (κ1) is 24.4. The van der Waals surface area contributed by atoms with E-state index in [4.69, 9.17) is 14.2 Å². The highest BCUT2D eigenvalue weighted by Crippen LogP contribution is 2.28. The SMILES string of the molecule is CC[N+]1(c2nc(Oc3ccccc3)nc(Oc3ccccc3)n2)CCOCC1.F[B-](F)(F)F. The molecule has 2 heterocycles. The van der Waals surface area contributed by atoms with Gasteiger partial charge in [-0.2, -0.15) is 0 Å². The van der Waals surface area contributed by atoms with Gasteiger partial charge in [-0.05, 0) is 31.2 Å². The lowest BCUT2D eigenvalue weighted by molar-refractivity contribution is 0.0393. The third-order valence-corrected chi connectivity index (χ3v) is 4.84. The van der Waals surface area contributed by atoms with Crippen LogP contribution in [-0.4, -0.2) is 55.1 Å². The smallest absolute Gasteiger partial charge is 0.424 e. The van der Waals surface area contributed by atoms with Crippen molar-refractivity contribution in [3.05, 3.63) is 60.7 Å². The molecule has 0 aliphatic carbocycles. The van der Waals surface area contributed by atoms with Crippen LogP contribution in [0.3, 0.4) is 0 Å². The van der Waals surface area contributed by atoms with Gasteiger partial charge in [0.2, 0.25) is 0 Å². The van der Waals surface area contributed by atoms with Crippen LogP contribution in [-0.2, 0) is 4.74 Å². The predicted octanol–water partition coefficient (Wildman–Crippen LogP) is 5.11. The number of nitrogens with zero attached hydrogens (tertiary/aromatic N) is 4. The quantitative estimate of drug-likeness (QED) is 0.286. The van der Waals surface area contributed by atoms with Crippen molar-refractivity contribution in [2.24, 2.45) is 0 Å². The van der Waals surface area contributed by atoms with Gasteiger partial charge < -0.3 is 31.5 Å². The molecule has 12 heteroatoms. The molecule has 33 heavy (non-hydrogen) atoms. The summed E-state index contributed by atoms with van der Waals surface area (Å²) in [6.07, 6.45) is 0. The third-order valence-electron chi connectivity index (χ3n) is 4.84. The van der Waals surface area contributed by atoms with Crippen molar-refractivity contribution in [3.8, 4) is 23.5 Å². The lowest BCUT2D eigenvalue weighted by Gasteiger charge is -2.37. The maximum atomic E-state index is 9.75. The van der Waals surface area contributed by atoms with E-state index in [2.05, 4.69) is 21.9 Å². The molecule has 0 saturated carbocycles. The fourth-order valence-electron chi connectivity index (χ4n) is 3.17. The van der Waals surface area contributed by atoms with Crippen molar-refractivity contribution in [3.63, 3.8) is 0 Å². The maximum Gasteiger partial charge on any atom is 0.673 e. The minimum absolute atomic E-state index is 0.222. The Bertz CT molecular complexity index is 942. The largest absolute Gasteiger partial charge is 0.673 e. The molecular weight excluding hydrogens is 443 g/mol. The van der Waals surface area contributed by atoms with Crippen molar-refractivity contribution in [1.29, 1.82) is 0 Å². The first-order valence-corrected chi connectivity index (χ1v) is 10.3. The number of aromatic nitrogens is 3. The Kier molecular flexibility index (Phi) is 8.18. The van der Waals surface area contributed by atoms with Crippen LogP contribution < -0.4 is 14.0 Å². The number of likely N-dealkylation sites (N-methyl/N-ethyl adjacent to an activating group) is 1. The van der Waals surface area contributed by atoms with Gasteiger partial charge in [0, 0.05) is 0 Å². The topological polar surface area (TPSA) is 66.4 Å². The third kappa shape index (κ3) is 7.68. The van der Waals surface area contributed by atoms with Gasteiger partial charge in [0.1, 0.15) is 24.6 Å². The van der Waals surface area contributed by atoms with E-state index in [0.29, 0.717) is 35.1 Å². The molecule has 0 radical (unpaired) electrons. The summed E-state index contributed by atoms with van der Waals surface area (Å²) < 4.78 is 56.9. The van der Waals surface area contributed by atoms with Crippen LogP contribution in [0.15, 0.2) is 60.7 Å². The number of benzene rings is 2. The minimum atomic E-state index is -6.00. The average Bonchev–Trinajstić information content (AvgIpc) is 2.80. The fourth-order valence-corrected chi connectivity index (χ4v) is 3.17. The maximum absolute atomic E-state index is 9.75. The summed E-state index contributed by atoms with van der Waals surface area (Å²) in [6, 6.07) is 19.4. The Morgan fingerprint density at radius 2 is 1.21 bits per heavy atom. The second-order valence-corrected chi connectivity index (χ2v) is 7.05. The van der Waals surface area contributed by atoms with E-state index in [0.717, 1.165) is 19.6 Å². The van der Waals surface area contributed by atoms with Gasteiger partial charge in [-0.3, -0.25) is 4.48 Å². The van der Waals surface area contributed by atoms with Gasteiger partial charge in [-0.25, -0.2) is 0 Å². The number of para-hydroxylation sites is 2. The molecule has 3 aromatic rings.